The molecule has 0 saturated carbocycles. The van der Waals surface area contributed by atoms with Crippen molar-refractivity contribution in [1.29, 1.82) is 0 Å². The number of nitrogens with zero attached hydrogens (tertiary/aromatic N) is 1. The summed E-state index contributed by atoms with van der Waals surface area (Å²) in [7, 11) is 0. The average molecular weight is 553 g/mol. The van der Waals surface area contributed by atoms with Crippen molar-refractivity contribution < 1.29 is 14.2 Å². The van der Waals surface area contributed by atoms with Crippen LogP contribution in [0.5, 0.6) is 5.75 Å². The Morgan fingerprint density at radius 1 is 1.06 bits per heavy atom. The van der Waals surface area contributed by atoms with Gasteiger partial charge in [0.05, 0.1) is 19.8 Å². The number of ether oxygens (including phenoxy) is 3. The predicted octanol–water partition coefficient (Wildman–Crippen LogP) is 4.38. The van der Waals surface area contributed by atoms with E-state index < -0.39 is 0 Å². The van der Waals surface area contributed by atoms with E-state index in [9.17, 15) is 0 Å². The quantitative estimate of drug-likeness (QED) is 0.177. The molecule has 1 atom stereocenters. The summed E-state index contributed by atoms with van der Waals surface area (Å²) >= 11 is 0. The first-order chi connectivity index (χ1) is 15.3. The maximum Gasteiger partial charge on any atom is 0.191 e. The Kier molecular flexibility index (Phi) is 13.1. The maximum atomic E-state index is 5.85. The standard InChI is InChI=1S/C25H35N3O3.HI/c1-2-26-25(27-14-6-15-29-18-23-13-16-30-19-23)28-17-21-9-11-24(12-10-21)31-20-22-7-4-3-5-8-22;/h3-5,7-12,23H,2,6,13-20H2,1H3,(H2,26,27,28);1H. The summed E-state index contributed by atoms with van der Waals surface area (Å²) in [6.45, 7) is 8.21. The second-order valence-electron chi connectivity index (χ2n) is 7.70. The van der Waals surface area contributed by atoms with Crippen LogP contribution in [-0.2, 0) is 22.6 Å². The summed E-state index contributed by atoms with van der Waals surface area (Å²) in [5, 5.41) is 6.67. The number of rotatable bonds is 12. The predicted molar refractivity (Wildman–Crippen MR) is 140 cm³/mol. The fourth-order valence-corrected chi connectivity index (χ4v) is 3.29. The highest BCUT2D eigenvalue weighted by Gasteiger charge is 2.15. The Bertz CT molecular complexity index is 766. The molecule has 1 aliphatic heterocycles. The van der Waals surface area contributed by atoms with Crippen LogP contribution in [0.25, 0.3) is 0 Å². The molecule has 0 spiro atoms. The van der Waals surface area contributed by atoms with Crippen LogP contribution in [0.1, 0.15) is 30.9 Å². The monoisotopic (exact) mass is 553 g/mol. The molecule has 1 aliphatic rings. The number of halogens is 1. The molecule has 0 aromatic heterocycles. The first-order valence-corrected chi connectivity index (χ1v) is 11.3. The van der Waals surface area contributed by atoms with Gasteiger partial charge < -0.3 is 24.8 Å². The molecule has 2 aromatic rings. The highest BCUT2D eigenvalue weighted by Crippen LogP contribution is 2.15. The number of aliphatic imine (C=N–C) groups is 1. The van der Waals surface area contributed by atoms with Crippen molar-refractivity contribution in [3.63, 3.8) is 0 Å². The molecule has 0 radical (unpaired) electrons. The van der Waals surface area contributed by atoms with E-state index in [-0.39, 0.29) is 24.0 Å². The van der Waals surface area contributed by atoms with Crippen LogP contribution in [0, 0.1) is 5.92 Å². The molecule has 1 heterocycles. The third-order valence-electron chi connectivity index (χ3n) is 5.07. The van der Waals surface area contributed by atoms with Crippen LogP contribution in [0.15, 0.2) is 59.6 Å². The van der Waals surface area contributed by atoms with Gasteiger partial charge in [-0.15, -0.1) is 24.0 Å². The van der Waals surface area contributed by atoms with Crippen molar-refractivity contribution in [2.24, 2.45) is 10.9 Å². The summed E-state index contributed by atoms with van der Waals surface area (Å²) in [6, 6.07) is 18.3. The molecule has 0 aliphatic carbocycles. The molecule has 0 amide bonds. The molecule has 0 bridgehead atoms. The minimum absolute atomic E-state index is 0. The molecule has 1 unspecified atom stereocenters. The van der Waals surface area contributed by atoms with Crippen molar-refractivity contribution in [3.8, 4) is 5.75 Å². The first-order valence-electron chi connectivity index (χ1n) is 11.3. The average Bonchev–Trinajstić information content (AvgIpc) is 3.33. The SMILES string of the molecule is CCNC(=NCc1ccc(OCc2ccccc2)cc1)NCCCOCC1CCOC1.I. The van der Waals surface area contributed by atoms with Crippen molar-refractivity contribution in [3.05, 3.63) is 65.7 Å². The lowest BCUT2D eigenvalue weighted by Gasteiger charge is -2.12. The van der Waals surface area contributed by atoms with Gasteiger partial charge in [0, 0.05) is 32.2 Å². The van der Waals surface area contributed by atoms with E-state index in [0.29, 0.717) is 19.1 Å². The van der Waals surface area contributed by atoms with Crippen LogP contribution in [0.3, 0.4) is 0 Å². The molecule has 32 heavy (non-hydrogen) atoms. The van der Waals surface area contributed by atoms with Gasteiger partial charge in [-0.05, 0) is 43.0 Å². The fourth-order valence-electron chi connectivity index (χ4n) is 3.29. The van der Waals surface area contributed by atoms with E-state index in [0.717, 1.165) is 75.2 Å². The fraction of sp³-hybridized carbons (Fsp3) is 0.480. The Morgan fingerprint density at radius 3 is 2.59 bits per heavy atom. The summed E-state index contributed by atoms with van der Waals surface area (Å²) in [4.78, 5) is 4.68. The lowest BCUT2D eigenvalue weighted by atomic mass is 10.1. The Balaban J connectivity index is 0.00000363. The summed E-state index contributed by atoms with van der Waals surface area (Å²) in [6.07, 6.45) is 2.07. The summed E-state index contributed by atoms with van der Waals surface area (Å²) in [5.74, 6) is 2.27. The zero-order chi connectivity index (χ0) is 21.6. The Morgan fingerprint density at radius 2 is 1.88 bits per heavy atom. The van der Waals surface area contributed by atoms with Gasteiger partial charge in [0.15, 0.2) is 5.96 Å². The first kappa shape index (κ1) is 26.4. The lowest BCUT2D eigenvalue weighted by molar-refractivity contribution is 0.0888. The third kappa shape index (κ3) is 10.2. The zero-order valence-corrected chi connectivity index (χ0v) is 21.3. The zero-order valence-electron chi connectivity index (χ0n) is 18.9. The van der Waals surface area contributed by atoms with Gasteiger partial charge in [-0.2, -0.15) is 0 Å². The summed E-state index contributed by atoms with van der Waals surface area (Å²) in [5.41, 5.74) is 2.31. The minimum atomic E-state index is 0. The molecule has 2 aromatic carbocycles. The van der Waals surface area contributed by atoms with Crippen molar-refractivity contribution >= 4 is 29.9 Å². The molecule has 1 saturated heterocycles. The molecular weight excluding hydrogens is 517 g/mol. The molecule has 3 rings (SSSR count). The van der Waals surface area contributed by atoms with Crippen LogP contribution >= 0.6 is 24.0 Å². The van der Waals surface area contributed by atoms with Gasteiger partial charge in [0.1, 0.15) is 12.4 Å². The largest absolute Gasteiger partial charge is 0.489 e. The Labute approximate surface area is 209 Å². The molecule has 7 heteroatoms. The highest BCUT2D eigenvalue weighted by atomic mass is 127. The number of guanidine groups is 1. The maximum absolute atomic E-state index is 5.85. The summed E-state index contributed by atoms with van der Waals surface area (Å²) < 4.78 is 17.0. The second kappa shape index (κ2) is 15.9. The van der Waals surface area contributed by atoms with E-state index in [2.05, 4.69) is 46.8 Å². The van der Waals surface area contributed by atoms with Gasteiger partial charge in [-0.3, -0.25) is 0 Å². The number of hydrogen-bond donors (Lipinski definition) is 2. The van der Waals surface area contributed by atoms with Crippen molar-refractivity contribution in [2.75, 3.05) is 39.5 Å². The normalized spacial score (nSPS) is 15.8. The number of hydrogen-bond acceptors (Lipinski definition) is 4. The van der Waals surface area contributed by atoms with Crippen LogP contribution in [-0.4, -0.2) is 45.5 Å². The molecule has 6 nitrogen and oxygen atoms in total. The van der Waals surface area contributed by atoms with E-state index in [1.165, 1.54) is 0 Å². The Hall–Kier alpha value is -1.84. The third-order valence-corrected chi connectivity index (χ3v) is 5.07. The van der Waals surface area contributed by atoms with Crippen molar-refractivity contribution in [1.82, 2.24) is 10.6 Å². The molecular formula is C25H36IN3O3. The number of nitrogens with one attached hydrogen (secondary N) is 2. The highest BCUT2D eigenvalue weighted by molar-refractivity contribution is 14.0. The van der Waals surface area contributed by atoms with Crippen LogP contribution < -0.4 is 15.4 Å². The molecule has 2 N–H and O–H groups in total. The van der Waals surface area contributed by atoms with Crippen molar-refractivity contribution in [2.45, 2.75) is 32.9 Å². The van der Waals surface area contributed by atoms with Crippen LogP contribution in [0.4, 0.5) is 0 Å². The van der Waals surface area contributed by atoms with E-state index in [1.54, 1.807) is 0 Å². The van der Waals surface area contributed by atoms with E-state index in [4.69, 9.17) is 14.2 Å². The van der Waals surface area contributed by atoms with E-state index >= 15 is 0 Å². The molecule has 176 valence electrons. The van der Waals surface area contributed by atoms with Gasteiger partial charge >= 0.3 is 0 Å². The second-order valence-corrected chi connectivity index (χ2v) is 7.70. The lowest BCUT2D eigenvalue weighted by Crippen LogP contribution is -2.38. The number of benzene rings is 2. The van der Waals surface area contributed by atoms with E-state index in [1.807, 2.05) is 30.3 Å². The van der Waals surface area contributed by atoms with Crippen LogP contribution in [0.2, 0.25) is 0 Å². The van der Waals surface area contributed by atoms with Gasteiger partial charge in [0.25, 0.3) is 0 Å². The topological polar surface area (TPSA) is 64.1 Å². The van der Waals surface area contributed by atoms with Gasteiger partial charge in [-0.1, -0.05) is 42.5 Å². The smallest absolute Gasteiger partial charge is 0.191 e. The molecule has 1 fully saturated rings. The van der Waals surface area contributed by atoms with Gasteiger partial charge in [-0.25, -0.2) is 4.99 Å². The van der Waals surface area contributed by atoms with Gasteiger partial charge in [0.2, 0.25) is 0 Å². The minimum Gasteiger partial charge on any atom is -0.489 e.